The number of rotatable bonds is 8. The lowest BCUT2D eigenvalue weighted by Crippen LogP contribution is -2.27. The number of anilines is 1. The summed E-state index contributed by atoms with van der Waals surface area (Å²) in [6.07, 6.45) is 0.790. The first-order valence-electron chi connectivity index (χ1n) is 8.20. The van der Waals surface area contributed by atoms with Crippen LogP contribution >= 0.6 is 0 Å². The highest BCUT2D eigenvalue weighted by atomic mass is 32.2. The summed E-state index contributed by atoms with van der Waals surface area (Å²) in [5.74, 6) is -2.14. The largest absolute Gasteiger partial charge is 0.352 e. The Bertz CT molecular complexity index is 901. The van der Waals surface area contributed by atoms with E-state index in [4.69, 9.17) is 0 Å². The fraction of sp³-hybridized carbons (Fsp3) is 0.278. The van der Waals surface area contributed by atoms with E-state index in [2.05, 4.69) is 10.0 Å². The van der Waals surface area contributed by atoms with E-state index < -0.39 is 21.7 Å². The molecule has 0 fully saturated rings. The molecule has 2 rings (SSSR count). The average Bonchev–Trinajstić information content (AvgIpc) is 2.61. The van der Waals surface area contributed by atoms with Gasteiger partial charge < -0.3 is 10.2 Å². The van der Waals surface area contributed by atoms with Gasteiger partial charge in [-0.25, -0.2) is 17.2 Å². The Morgan fingerprint density at radius 2 is 1.74 bits per heavy atom. The molecule has 2 aromatic rings. The highest BCUT2D eigenvalue weighted by molar-refractivity contribution is 7.92. The summed E-state index contributed by atoms with van der Waals surface area (Å²) in [5.41, 5.74) is -0.0501. The molecule has 146 valence electrons. The highest BCUT2D eigenvalue weighted by Gasteiger charge is 2.17. The minimum absolute atomic E-state index is 0.143. The summed E-state index contributed by atoms with van der Waals surface area (Å²) in [4.78, 5) is 13.9. The molecule has 6 nitrogen and oxygen atoms in total. The molecule has 0 saturated carbocycles. The van der Waals surface area contributed by atoms with Crippen molar-refractivity contribution in [3.63, 3.8) is 0 Å². The summed E-state index contributed by atoms with van der Waals surface area (Å²) >= 11 is 0. The first-order chi connectivity index (χ1) is 12.7. The van der Waals surface area contributed by atoms with Crippen molar-refractivity contribution in [1.82, 2.24) is 10.2 Å². The van der Waals surface area contributed by atoms with Gasteiger partial charge in [-0.2, -0.15) is 0 Å². The number of halogens is 2. The quantitative estimate of drug-likeness (QED) is 0.671. The minimum atomic E-state index is -4.07. The van der Waals surface area contributed by atoms with Crippen LogP contribution in [0.25, 0.3) is 0 Å². The summed E-state index contributed by atoms with van der Waals surface area (Å²) in [6.45, 7) is 1.34. The lowest BCUT2D eigenvalue weighted by Gasteiger charge is -2.11. The maximum absolute atomic E-state index is 13.6. The van der Waals surface area contributed by atoms with Gasteiger partial charge in [0.2, 0.25) is 0 Å². The van der Waals surface area contributed by atoms with E-state index in [1.54, 1.807) is 0 Å². The molecule has 2 aromatic carbocycles. The molecule has 0 aliphatic rings. The van der Waals surface area contributed by atoms with Crippen molar-refractivity contribution in [2.75, 3.05) is 31.9 Å². The van der Waals surface area contributed by atoms with Crippen molar-refractivity contribution in [3.8, 4) is 0 Å². The monoisotopic (exact) mass is 397 g/mol. The molecule has 0 atom stereocenters. The third-order valence-corrected chi connectivity index (χ3v) is 5.05. The smallest absolute Gasteiger partial charge is 0.261 e. The number of benzene rings is 2. The van der Waals surface area contributed by atoms with E-state index in [1.807, 2.05) is 19.0 Å². The van der Waals surface area contributed by atoms with Gasteiger partial charge in [-0.15, -0.1) is 0 Å². The molecule has 0 saturated heterocycles. The highest BCUT2D eigenvalue weighted by Crippen LogP contribution is 2.20. The number of nitrogens with zero attached hydrogens (tertiary/aromatic N) is 1. The Morgan fingerprint density at radius 1 is 1.07 bits per heavy atom. The standard InChI is InChI=1S/C18H21F2N3O3S/c1-23(2)11-3-10-21-18(24)13-4-7-15(8-5-13)27(25,26)22-17-9-6-14(19)12-16(17)20/h4-9,12,22H,3,10-11H2,1-2H3,(H,21,24). The molecule has 27 heavy (non-hydrogen) atoms. The van der Waals surface area contributed by atoms with Crippen LogP contribution in [0, 0.1) is 11.6 Å². The SMILES string of the molecule is CN(C)CCCNC(=O)c1ccc(S(=O)(=O)Nc2ccc(F)cc2F)cc1. The molecule has 1 amide bonds. The molecule has 0 radical (unpaired) electrons. The summed E-state index contributed by atoms with van der Waals surface area (Å²) in [6, 6.07) is 7.77. The van der Waals surface area contributed by atoms with Gasteiger partial charge in [-0.1, -0.05) is 0 Å². The first-order valence-corrected chi connectivity index (χ1v) is 9.68. The lowest BCUT2D eigenvalue weighted by molar-refractivity contribution is 0.0952. The molecule has 2 N–H and O–H groups in total. The van der Waals surface area contributed by atoms with E-state index in [9.17, 15) is 22.0 Å². The zero-order valence-electron chi connectivity index (χ0n) is 15.0. The zero-order chi connectivity index (χ0) is 20.0. The minimum Gasteiger partial charge on any atom is -0.352 e. The van der Waals surface area contributed by atoms with Crippen LogP contribution in [0.3, 0.4) is 0 Å². The van der Waals surface area contributed by atoms with Crippen LogP contribution in [-0.2, 0) is 10.0 Å². The summed E-state index contributed by atoms with van der Waals surface area (Å²) < 4.78 is 53.2. The van der Waals surface area contributed by atoms with Crippen LogP contribution in [0.5, 0.6) is 0 Å². The van der Waals surface area contributed by atoms with E-state index in [-0.39, 0.29) is 16.5 Å². The second kappa shape index (κ2) is 8.92. The first kappa shape index (κ1) is 20.8. The number of carbonyl (C=O) groups is 1. The number of sulfonamides is 1. The van der Waals surface area contributed by atoms with Crippen molar-refractivity contribution in [2.45, 2.75) is 11.3 Å². The second-order valence-corrected chi connectivity index (χ2v) is 7.85. The van der Waals surface area contributed by atoms with Gasteiger partial charge in [-0.3, -0.25) is 9.52 Å². The Hall–Kier alpha value is -2.52. The van der Waals surface area contributed by atoms with Crippen molar-refractivity contribution in [3.05, 3.63) is 59.7 Å². The van der Waals surface area contributed by atoms with E-state index >= 15 is 0 Å². The Kier molecular flexibility index (Phi) is 6.86. The molecule has 0 heterocycles. The van der Waals surface area contributed by atoms with Crippen LogP contribution in [0.2, 0.25) is 0 Å². The van der Waals surface area contributed by atoms with E-state index in [0.29, 0.717) is 18.2 Å². The molecule has 0 aromatic heterocycles. The van der Waals surface area contributed by atoms with Crippen LogP contribution < -0.4 is 10.0 Å². The topological polar surface area (TPSA) is 78.5 Å². The van der Waals surface area contributed by atoms with Gasteiger partial charge in [0.05, 0.1) is 10.6 Å². The normalized spacial score (nSPS) is 11.4. The van der Waals surface area contributed by atoms with Gasteiger partial charge in [0.15, 0.2) is 0 Å². The van der Waals surface area contributed by atoms with Crippen molar-refractivity contribution >= 4 is 21.6 Å². The van der Waals surface area contributed by atoms with Crippen LogP contribution in [0.4, 0.5) is 14.5 Å². The van der Waals surface area contributed by atoms with Gasteiger partial charge in [-0.05, 0) is 63.5 Å². The molecular weight excluding hydrogens is 376 g/mol. The fourth-order valence-corrected chi connectivity index (χ4v) is 3.33. The number of hydrogen-bond acceptors (Lipinski definition) is 4. The van der Waals surface area contributed by atoms with E-state index in [1.165, 1.54) is 24.3 Å². The lowest BCUT2D eigenvalue weighted by atomic mass is 10.2. The van der Waals surface area contributed by atoms with Gasteiger partial charge in [0, 0.05) is 18.2 Å². The van der Waals surface area contributed by atoms with Crippen LogP contribution in [0.1, 0.15) is 16.8 Å². The van der Waals surface area contributed by atoms with Crippen LogP contribution in [0.15, 0.2) is 47.4 Å². The third-order valence-electron chi connectivity index (χ3n) is 3.67. The van der Waals surface area contributed by atoms with E-state index in [0.717, 1.165) is 25.1 Å². The maximum Gasteiger partial charge on any atom is 0.261 e. The molecule has 0 aliphatic carbocycles. The second-order valence-electron chi connectivity index (χ2n) is 6.17. The summed E-state index contributed by atoms with van der Waals surface area (Å²) in [7, 11) is -0.197. The molecule has 0 bridgehead atoms. The Labute approximate surface area is 157 Å². The van der Waals surface area contributed by atoms with Gasteiger partial charge in [0.25, 0.3) is 15.9 Å². The zero-order valence-corrected chi connectivity index (χ0v) is 15.8. The van der Waals surface area contributed by atoms with Gasteiger partial charge in [0.1, 0.15) is 11.6 Å². The van der Waals surface area contributed by atoms with Crippen molar-refractivity contribution < 1.29 is 22.0 Å². The molecule has 9 heteroatoms. The number of nitrogens with one attached hydrogen (secondary N) is 2. The van der Waals surface area contributed by atoms with Crippen molar-refractivity contribution in [1.29, 1.82) is 0 Å². The number of carbonyl (C=O) groups excluding carboxylic acids is 1. The molecular formula is C18H21F2N3O3S. The van der Waals surface area contributed by atoms with Crippen LogP contribution in [-0.4, -0.2) is 46.4 Å². The predicted octanol–water partition coefficient (Wildman–Crippen LogP) is 2.45. The predicted molar refractivity (Wildman–Crippen MR) is 99.1 cm³/mol. The number of amides is 1. The maximum atomic E-state index is 13.6. The molecule has 0 aliphatic heterocycles. The molecule has 0 unspecified atom stereocenters. The average molecular weight is 397 g/mol. The Balaban J connectivity index is 2.03. The Morgan fingerprint density at radius 3 is 2.33 bits per heavy atom. The summed E-state index contributed by atoms with van der Waals surface area (Å²) in [5, 5.41) is 2.75. The van der Waals surface area contributed by atoms with Crippen molar-refractivity contribution in [2.24, 2.45) is 0 Å². The fourth-order valence-electron chi connectivity index (χ4n) is 2.26. The number of hydrogen-bond donors (Lipinski definition) is 2. The van der Waals surface area contributed by atoms with Gasteiger partial charge >= 0.3 is 0 Å². The molecule has 0 spiro atoms. The third kappa shape index (κ3) is 6.00.